The van der Waals surface area contributed by atoms with Gasteiger partial charge in [-0.05, 0) is 48.7 Å². The number of benzene rings is 1. The number of ether oxygens (including phenoxy) is 1. The van der Waals surface area contributed by atoms with Crippen molar-refractivity contribution in [1.82, 2.24) is 0 Å². The van der Waals surface area contributed by atoms with Crippen molar-refractivity contribution >= 4 is 11.1 Å². The van der Waals surface area contributed by atoms with E-state index < -0.39 is 11.1 Å². The molecule has 3 nitrogen and oxygen atoms in total. The first-order valence-electron chi connectivity index (χ1n) is 4.39. The van der Waals surface area contributed by atoms with Crippen LogP contribution < -0.4 is 34.3 Å². The van der Waals surface area contributed by atoms with E-state index in [1.165, 1.54) is 0 Å². The molecule has 1 aromatic rings. The van der Waals surface area contributed by atoms with Crippen molar-refractivity contribution in [1.29, 1.82) is 0 Å². The maximum Gasteiger partial charge on any atom is 1.00 e. The fourth-order valence-corrected chi connectivity index (χ4v) is 2.11. The monoisotopic (exact) mass is 234 g/mol. The molecule has 1 aliphatic heterocycles. The van der Waals surface area contributed by atoms with Crippen LogP contribution in [0.25, 0.3) is 0 Å². The molecule has 0 aromatic heterocycles. The van der Waals surface area contributed by atoms with Gasteiger partial charge in [0.05, 0.1) is 0 Å². The minimum Gasteiger partial charge on any atom is -0.768 e. The van der Waals surface area contributed by atoms with Gasteiger partial charge in [0.1, 0.15) is 11.4 Å². The molecule has 1 aromatic carbocycles. The molecule has 1 unspecified atom stereocenters. The van der Waals surface area contributed by atoms with Crippen molar-refractivity contribution in [3.05, 3.63) is 23.8 Å². The van der Waals surface area contributed by atoms with Crippen LogP contribution in [-0.2, 0) is 17.5 Å². The molecule has 0 N–H and O–H groups in total. The van der Waals surface area contributed by atoms with Crippen molar-refractivity contribution < 1.29 is 43.1 Å². The van der Waals surface area contributed by atoms with Gasteiger partial charge in [0.15, 0.2) is 0 Å². The predicted octanol–water partition coefficient (Wildman–Crippen LogP) is -1.36. The molecule has 1 heterocycles. The first-order chi connectivity index (χ1) is 6.48. The summed E-state index contributed by atoms with van der Waals surface area (Å²) in [5.74, 6) is 0.796. The van der Waals surface area contributed by atoms with Crippen molar-refractivity contribution in [2.75, 3.05) is 0 Å². The zero-order valence-corrected chi connectivity index (χ0v) is 11.9. The molecule has 1 aliphatic rings. The number of fused-ring (bicyclic) bond motifs is 1. The summed E-state index contributed by atoms with van der Waals surface area (Å²) in [5.41, 5.74) is 0.752. The van der Waals surface area contributed by atoms with E-state index in [9.17, 15) is 8.76 Å². The van der Waals surface area contributed by atoms with Gasteiger partial charge in [-0.3, -0.25) is 4.21 Å². The van der Waals surface area contributed by atoms with Crippen LogP contribution in [0.2, 0.25) is 0 Å². The molecular weight excluding hydrogens is 223 g/mol. The number of rotatable bonds is 1. The molecule has 0 spiro atoms. The van der Waals surface area contributed by atoms with Crippen LogP contribution in [0.4, 0.5) is 0 Å². The standard InChI is InChI=1S/C10H12O3S.Na/c1-10(2)6-7-5-8(14(11)12)3-4-9(7)13-10;/h3-5H,6H2,1-2H3,(H,11,12);/q;+1/p-1. The zero-order valence-electron chi connectivity index (χ0n) is 9.07. The van der Waals surface area contributed by atoms with Crippen LogP contribution in [0.1, 0.15) is 19.4 Å². The van der Waals surface area contributed by atoms with Gasteiger partial charge in [-0.25, -0.2) is 0 Å². The Labute approximate surface area is 114 Å². The third-order valence-electron chi connectivity index (χ3n) is 2.23. The predicted molar refractivity (Wildman–Crippen MR) is 52.0 cm³/mol. The van der Waals surface area contributed by atoms with Crippen LogP contribution in [-0.4, -0.2) is 14.4 Å². The maximum absolute atomic E-state index is 10.7. The van der Waals surface area contributed by atoms with Gasteiger partial charge in [-0.15, -0.1) is 0 Å². The van der Waals surface area contributed by atoms with Crippen LogP contribution in [0.15, 0.2) is 23.1 Å². The molecule has 0 radical (unpaired) electrons. The van der Waals surface area contributed by atoms with Crippen molar-refractivity contribution in [3.63, 3.8) is 0 Å². The Morgan fingerprint density at radius 1 is 1.47 bits per heavy atom. The van der Waals surface area contributed by atoms with E-state index in [2.05, 4.69) is 0 Å². The number of hydrogen-bond acceptors (Lipinski definition) is 3. The van der Waals surface area contributed by atoms with Gasteiger partial charge in [0.2, 0.25) is 0 Å². The summed E-state index contributed by atoms with van der Waals surface area (Å²) >= 11 is -2.15. The molecule has 76 valence electrons. The molecule has 0 aliphatic carbocycles. The summed E-state index contributed by atoms with van der Waals surface area (Å²) < 4.78 is 27.1. The summed E-state index contributed by atoms with van der Waals surface area (Å²) in [6.07, 6.45) is 0.757. The summed E-state index contributed by atoms with van der Waals surface area (Å²) in [5, 5.41) is 0. The van der Waals surface area contributed by atoms with Gasteiger partial charge in [0.25, 0.3) is 0 Å². The molecule has 0 saturated carbocycles. The zero-order chi connectivity index (χ0) is 10.3. The van der Waals surface area contributed by atoms with Crippen LogP contribution in [0.5, 0.6) is 5.75 Å². The minimum absolute atomic E-state index is 0. The molecule has 5 heteroatoms. The second kappa shape index (κ2) is 4.55. The molecule has 0 fully saturated rings. The molecule has 2 rings (SSSR count). The summed E-state index contributed by atoms with van der Waals surface area (Å²) in [6, 6.07) is 4.95. The molecule has 15 heavy (non-hydrogen) atoms. The normalized spacial score (nSPS) is 18.6. The molecular formula is C10H11NaO3S. The van der Waals surface area contributed by atoms with E-state index in [0.29, 0.717) is 4.90 Å². The largest absolute Gasteiger partial charge is 1.00 e. The molecule has 0 saturated heterocycles. The van der Waals surface area contributed by atoms with E-state index in [1.807, 2.05) is 13.8 Å². The second-order valence-corrected chi connectivity index (χ2v) is 4.98. The maximum atomic E-state index is 10.7. The fourth-order valence-electron chi connectivity index (χ4n) is 1.69. The van der Waals surface area contributed by atoms with E-state index in [1.54, 1.807) is 18.2 Å². The van der Waals surface area contributed by atoms with Crippen molar-refractivity contribution in [2.45, 2.75) is 30.8 Å². The summed E-state index contributed by atoms with van der Waals surface area (Å²) in [4.78, 5) is 0.324. The second-order valence-electron chi connectivity index (χ2n) is 4.04. The molecule has 1 atom stereocenters. The molecule has 0 bridgehead atoms. The van der Waals surface area contributed by atoms with Gasteiger partial charge in [0, 0.05) is 11.3 Å². The Morgan fingerprint density at radius 2 is 2.13 bits per heavy atom. The Kier molecular flexibility index (Phi) is 4.01. The summed E-state index contributed by atoms with van der Waals surface area (Å²) in [7, 11) is 0. The van der Waals surface area contributed by atoms with E-state index in [0.717, 1.165) is 17.7 Å². The van der Waals surface area contributed by atoms with Crippen molar-refractivity contribution in [2.24, 2.45) is 0 Å². The van der Waals surface area contributed by atoms with Gasteiger partial charge in [-0.2, -0.15) is 0 Å². The van der Waals surface area contributed by atoms with E-state index >= 15 is 0 Å². The fraction of sp³-hybridized carbons (Fsp3) is 0.400. The molecule has 0 amide bonds. The SMILES string of the molecule is CC1(C)Cc2cc(S(=O)[O-])ccc2O1.[Na+]. The average molecular weight is 234 g/mol. The average Bonchev–Trinajstić information content (AvgIpc) is 2.36. The quantitative estimate of drug-likeness (QED) is 0.445. The summed E-state index contributed by atoms with van der Waals surface area (Å²) in [6.45, 7) is 3.97. The Balaban J connectivity index is 0.00000112. The van der Waals surface area contributed by atoms with Crippen LogP contribution >= 0.6 is 0 Å². The third-order valence-corrected chi connectivity index (χ3v) is 2.87. The van der Waals surface area contributed by atoms with Crippen LogP contribution in [0, 0.1) is 0 Å². The van der Waals surface area contributed by atoms with Gasteiger partial charge in [-0.1, -0.05) is 0 Å². The topological polar surface area (TPSA) is 49.4 Å². The first kappa shape index (κ1) is 13.2. The Hall–Kier alpha value is 0.130. The Morgan fingerprint density at radius 3 is 2.73 bits per heavy atom. The first-order valence-corrected chi connectivity index (χ1v) is 5.47. The van der Waals surface area contributed by atoms with Gasteiger partial charge < -0.3 is 9.29 Å². The van der Waals surface area contributed by atoms with E-state index in [-0.39, 0.29) is 35.2 Å². The Bertz CT molecular complexity index is 404. The van der Waals surface area contributed by atoms with Crippen molar-refractivity contribution in [3.8, 4) is 5.75 Å². The smallest absolute Gasteiger partial charge is 0.768 e. The van der Waals surface area contributed by atoms with E-state index in [4.69, 9.17) is 4.74 Å². The van der Waals surface area contributed by atoms with Crippen LogP contribution in [0.3, 0.4) is 0 Å². The number of hydrogen-bond donors (Lipinski definition) is 0. The van der Waals surface area contributed by atoms with Gasteiger partial charge >= 0.3 is 29.6 Å². The third kappa shape index (κ3) is 2.82. The minimum atomic E-state index is -2.15.